The molecule has 0 aliphatic heterocycles. The second kappa shape index (κ2) is 8.58. The van der Waals surface area contributed by atoms with Gasteiger partial charge in [0, 0.05) is 19.1 Å². The summed E-state index contributed by atoms with van der Waals surface area (Å²) >= 11 is 0. The van der Waals surface area contributed by atoms with Crippen molar-refractivity contribution in [2.24, 2.45) is 5.92 Å². The highest BCUT2D eigenvalue weighted by molar-refractivity contribution is 6.04. The molecule has 0 spiro atoms. The van der Waals surface area contributed by atoms with Crippen LogP contribution in [-0.2, 0) is 9.53 Å². The quantitative estimate of drug-likeness (QED) is 0.799. The molecule has 2 amide bonds. The highest BCUT2D eigenvalue weighted by Crippen LogP contribution is 2.33. The lowest BCUT2D eigenvalue weighted by molar-refractivity contribution is -0.117. The van der Waals surface area contributed by atoms with Crippen LogP contribution < -0.4 is 10.6 Å². The Balaban J connectivity index is 1.44. The first-order chi connectivity index (χ1) is 12.6. The molecule has 1 saturated carbocycles. The maximum absolute atomic E-state index is 12.1. The fraction of sp³-hybridized carbons (Fsp3) is 0.350. The minimum absolute atomic E-state index is 0.0422. The third-order valence-corrected chi connectivity index (χ3v) is 4.63. The lowest BCUT2D eigenvalue weighted by Crippen LogP contribution is -2.31. The van der Waals surface area contributed by atoms with Crippen LogP contribution in [0.2, 0.25) is 0 Å². The minimum Gasteiger partial charge on any atom is -0.381 e. The standard InChI is InChI=1S/C20H23N3O3/c1-26-17-11-14(12-17)7-10-19(24)23-18-9-8-16(13-21-18)22-20(25)15-5-3-2-4-6-15/h2-6,8-9,13-14,17H,7,10-12H2,1H3,(H,22,25)(H,21,23,24). The SMILES string of the molecule is COC1CC(CCC(=O)Nc2ccc(NC(=O)c3ccccc3)cn2)C1. The van der Waals surface area contributed by atoms with E-state index in [0.717, 1.165) is 19.3 Å². The van der Waals surface area contributed by atoms with Crippen molar-refractivity contribution in [2.75, 3.05) is 17.7 Å². The van der Waals surface area contributed by atoms with Gasteiger partial charge in [0.15, 0.2) is 0 Å². The highest BCUT2D eigenvalue weighted by atomic mass is 16.5. The summed E-state index contributed by atoms with van der Waals surface area (Å²) in [5, 5.41) is 5.57. The first-order valence-corrected chi connectivity index (χ1v) is 8.79. The molecule has 1 aromatic carbocycles. The molecule has 1 aromatic heterocycles. The van der Waals surface area contributed by atoms with E-state index in [1.165, 1.54) is 6.20 Å². The summed E-state index contributed by atoms with van der Waals surface area (Å²) < 4.78 is 5.25. The van der Waals surface area contributed by atoms with E-state index in [-0.39, 0.29) is 11.8 Å². The van der Waals surface area contributed by atoms with E-state index in [9.17, 15) is 9.59 Å². The average molecular weight is 353 g/mol. The smallest absolute Gasteiger partial charge is 0.255 e. The van der Waals surface area contributed by atoms with Crippen LogP contribution in [-0.4, -0.2) is 30.0 Å². The number of aromatic nitrogens is 1. The van der Waals surface area contributed by atoms with Crippen LogP contribution in [0.3, 0.4) is 0 Å². The van der Waals surface area contributed by atoms with E-state index < -0.39 is 0 Å². The zero-order valence-corrected chi connectivity index (χ0v) is 14.8. The lowest BCUT2D eigenvalue weighted by Gasteiger charge is -2.33. The van der Waals surface area contributed by atoms with E-state index in [2.05, 4.69) is 15.6 Å². The third kappa shape index (κ3) is 4.89. The number of anilines is 2. The fourth-order valence-electron chi connectivity index (χ4n) is 2.98. The Bertz CT molecular complexity index is 741. The van der Waals surface area contributed by atoms with Crippen LogP contribution in [0.5, 0.6) is 0 Å². The maximum Gasteiger partial charge on any atom is 0.255 e. The summed E-state index contributed by atoms with van der Waals surface area (Å²) in [5.74, 6) is 0.823. The van der Waals surface area contributed by atoms with Gasteiger partial charge in [-0.3, -0.25) is 9.59 Å². The Morgan fingerprint density at radius 2 is 1.88 bits per heavy atom. The zero-order valence-electron chi connectivity index (χ0n) is 14.8. The topological polar surface area (TPSA) is 80.3 Å². The molecule has 0 atom stereocenters. The molecule has 6 heteroatoms. The average Bonchev–Trinajstić information content (AvgIpc) is 2.63. The van der Waals surface area contributed by atoms with E-state index in [4.69, 9.17) is 4.74 Å². The summed E-state index contributed by atoms with van der Waals surface area (Å²) in [4.78, 5) is 28.3. The molecule has 1 heterocycles. The monoisotopic (exact) mass is 353 g/mol. The van der Waals surface area contributed by atoms with E-state index in [0.29, 0.717) is 35.5 Å². The van der Waals surface area contributed by atoms with Crippen molar-refractivity contribution in [3.05, 3.63) is 54.2 Å². The van der Waals surface area contributed by atoms with Gasteiger partial charge in [0.2, 0.25) is 5.91 Å². The number of nitrogens with one attached hydrogen (secondary N) is 2. The van der Waals surface area contributed by atoms with Gasteiger partial charge in [-0.25, -0.2) is 4.98 Å². The van der Waals surface area contributed by atoms with Crippen LogP contribution >= 0.6 is 0 Å². The van der Waals surface area contributed by atoms with Gasteiger partial charge in [-0.15, -0.1) is 0 Å². The molecule has 26 heavy (non-hydrogen) atoms. The number of amides is 2. The van der Waals surface area contributed by atoms with Crippen LogP contribution in [0, 0.1) is 5.92 Å². The number of benzene rings is 1. The molecule has 0 unspecified atom stereocenters. The number of carbonyl (C=O) groups excluding carboxylic acids is 2. The molecule has 1 aliphatic carbocycles. The number of hydrogen-bond donors (Lipinski definition) is 2. The third-order valence-electron chi connectivity index (χ3n) is 4.63. The second-order valence-corrected chi connectivity index (χ2v) is 6.53. The highest BCUT2D eigenvalue weighted by Gasteiger charge is 2.28. The van der Waals surface area contributed by atoms with Crippen molar-refractivity contribution in [1.29, 1.82) is 0 Å². The zero-order chi connectivity index (χ0) is 18.4. The summed E-state index contributed by atoms with van der Waals surface area (Å²) in [5.41, 5.74) is 1.16. The first kappa shape index (κ1) is 18.1. The van der Waals surface area contributed by atoms with Gasteiger partial charge >= 0.3 is 0 Å². The predicted molar refractivity (Wildman–Crippen MR) is 100 cm³/mol. The summed E-state index contributed by atoms with van der Waals surface area (Å²) in [6.45, 7) is 0. The molecule has 2 aromatic rings. The van der Waals surface area contributed by atoms with E-state index in [1.807, 2.05) is 18.2 Å². The molecule has 2 N–H and O–H groups in total. The van der Waals surface area contributed by atoms with Crippen molar-refractivity contribution in [3.8, 4) is 0 Å². The van der Waals surface area contributed by atoms with Gasteiger partial charge in [0.25, 0.3) is 5.91 Å². The van der Waals surface area contributed by atoms with Crippen molar-refractivity contribution in [2.45, 2.75) is 31.8 Å². The molecule has 0 radical (unpaired) electrons. The number of nitrogens with zero attached hydrogens (tertiary/aromatic N) is 1. The van der Waals surface area contributed by atoms with Gasteiger partial charge < -0.3 is 15.4 Å². The normalized spacial score (nSPS) is 18.7. The van der Waals surface area contributed by atoms with Crippen LogP contribution in [0.1, 0.15) is 36.0 Å². The first-order valence-electron chi connectivity index (χ1n) is 8.79. The maximum atomic E-state index is 12.1. The Morgan fingerprint density at radius 3 is 2.54 bits per heavy atom. The van der Waals surface area contributed by atoms with Crippen molar-refractivity contribution in [1.82, 2.24) is 4.98 Å². The minimum atomic E-state index is -0.195. The van der Waals surface area contributed by atoms with E-state index >= 15 is 0 Å². The molecule has 1 fully saturated rings. The number of ether oxygens (including phenoxy) is 1. The predicted octanol–water partition coefficient (Wildman–Crippen LogP) is 3.48. The van der Waals surface area contributed by atoms with Crippen LogP contribution in [0.15, 0.2) is 48.7 Å². The van der Waals surface area contributed by atoms with Crippen LogP contribution in [0.25, 0.3) is 0 Å². The molecule has 6 nitrogen and oxygen atoms in total. The molecular formula is C20H23N3O3. The number of carbonyl (C=O) groups is 2. The molecule has 1 aliphatic rings. The van der Waals surface area contributed by atoms with Gasteiger partial charge in [-0.1, -0.05) is 18.2 Å². The van der Waals surface area contributed by atoms with E-state index in [1.54, 1.807) is 31.4 Å². The Kier molecular flexibility index (Phi) is 5.96. The number of rotatable bonds is 7. The van der Waals surface area contributed by atoms with Gasteiger partial charge in [0.1, 0.15) is 5.82 Å². The summed E-state index contributed by atoms with van der Waals surface area (Å²) in [6, 6.07) is 12.4. The van der Waals surface area contributed by atoms with Gasteiger partial charge in [-0.2, -0.15) is 0 Å². The Morgan fingerprint density at radius 1 is 1.12 bits per heavy atom. The van der Waals surface area contributed by atoms with Crippen molar-refractivity contribution in [3.63, 3.8) is 0 Å². The number of hydrogen-bond acceptors (Lipinski definition) is 4. The Hall–Kier alpha value is -2.73. The van der Waals surface area contributed by atoms with Gasteiger partial charge in [-0.05, 0) is 49.4 Å². The van der Waals surface area contributed by atoms with Crippen molar-refractivity contribution < 1.29 is 14.3 Å². The molecule has 0 bridgehead atoms. The fourth-order valence-corrected chi connectivity index (χ4v) is 2.98. The van der Waals surface area contributed by atoms with Crippen LogP contribution in [0.4, 0.5) is 11.5 Å². The Labute approximate surface area is 153 Å². The molecule has 0 saturated heterocycles. The lowest BCUT2D eigenvalue weighted by atomic mass is 9.79. The second-order valence-electron chi connectivity index (χ2n) is 6.53. The molecular weight excluding hydrogens is 330 g/mol. The molecule has 136 valence electrons. The largest absolute Gasteiger partial charge is 0.381 e. The summed E-state index contributed by atoms with van der Waals surface area (Å²) in [7, 11) is 1.73. The van der Waals surface area contributed by atoms with Crippen molar-refractivity contribution >= 4 is 23.3 Å². The summed E-state index contributed by atoms with van der Waals surface area (Å²) in [6.07, 6.45) is 5.33. The number of pyridine rings is 1. The molecule has 3 rings (SSSR count). The van der Waals surface area contributed by atoms with Gasteiger partial charge in [0.05, 0.1) is 18.0 Å². The number of methoxy groups -OCH3 is 1.